The highest BCUT2D eigenvalue weighted by molar-refractivity contribution is 7.77. The van der Waals surface area contributed by atoms with E-state index in [1.807, 2.05) is 37.3 Å². The fourth-order valence-electron chi connectivity index (χ4n) is 1.24. The molecule has 0 saturated carbocycles. The SMILES string of the molecule is CC(CCc1ccccc1)NS(=O)F. The number of hydrogen-bond donors (Lipinski definition) is 1. The third-order valence-corrected chi connectivity index (χ3v) is 2.59. The van der Waals surface area contributed by atoms with Gasteiger partial charge in [-0.3, -0.25) is 0 Å². The van der Waals surface area contributed by atoms with Gasteiger partial charge in [0.25, 0.3) is 11.4 Å². The molecule has 2 nitrogen and oxygen atoms in total. The molecule has 4 heteroatoms. The van der Waals surface area contributed by atoms with E-state index < -0.39 is 11.4 Å². The molecule has 0 amide bonds. The van der Waals surface area contributed by atoms with Crippen LogP contribution in [0.15, 0.2) is 30.3 Å². The third kappa shape index (κ3) is 4.48. The Morgan fingerprint density at radius 3 is 2.64 bits per heavy atom. The topological polar surface area (TPSA) is 29.1 Å². The summed E-state index contributed by atoms with van der Waals surface area (Å²) < 4.78 is 24.6. The summed E-state index contributed by atoms with van der Waals surface area (Å²) in [6.07, 6.45) is 1.64. The van der Waals surface area contributed by atoms with E-state index in [9.17, 15) is 8.09 Å². The Kier molecular flexibility index (Phi) is 4.76. The Morgan fingerprint density at radius 2 is 2.07 bits per heavy atom. The van der Waals surface area contributed by atoms with Crippen molar-refractivity contribution in [3.05, 3.63) is 35.9 Å². The van der Waals surface area contributed by atoms with Crippen molar-refractivity contribution in [3.8, 4) is 0 Å². The monoisotopic (exact) mass is 215 g/mol. The average molecular weight is 215 g/mol. The van der Waals surface area contributed by atoms with Crippen molar-refractivity contribution < 1.29 is 8.09 Å². The maximum atomic E-state index is 12.0. The zero-order chi connectivity index (χ0) is 10.4. The predicted octanol–water partition coefficient (Wildman–Crippen LogP) is 2.15. The van der Waals surface area contributed by atoms with Gasteiger partial charge in [-0.2, -0.15) is 0 Å². The van der Waals surface area contributed by atoms with Gasteiger partial charge in [0, 0.05) is 6.04 Å². The first-order chi connectivity index (χ1) is 6.68. The smallest absolute Gasteiger partial charge is 0.208 e. The van der Waals surface area contributed by atoms with Gasteiger partial charge in [0.15, 0.2) is 0 Å². The zero-order valence-electron chi connectivity index (χ0n) is 8.07. The van der Waals surface area contributed by atoms with Crippen molar-refractivity contribution in [1.29, 1.82) is 0 Å². The summed E-state index contributed by atoms with van der Waals surface area (Å²) in [5.74, 6) is 0. The quantitative estimate of drug-likeness (QED) is 0.749. The highest BCUT2D eigenvalue weighted by Crippen LogP contribution is 2.04. The average Bonchev–Trinajstić information content (AvgIpc) is 2.15. The van der Waals surface area contributed by atoms with Crippen LogP contribution >= 0.6 is 0 Å². The molecule has 1 rings (SSSR count). The fraction of sp³-hybridized carbons (Fsp3) is 0.400. The molecule has 1 aromatic rings. The standard InChI is InChI=1S/C10H14FNOS/c1-9(12-14(11)13)7-8-10-5-3-2-4-6-10/h2-6,9,12H,7-8H2,1H3. The van der Waals surface area contributed by atoms with Crippen LogP contribution in [0, 0.1) is 0 Å². The fourth-order valence-corrected chi connectivity index (χ4v) is 1.68. The number of halogens is 1. The Bertz CT molecular complexity index is 291. The van der Waals surface area contributed by atoms with Gasteiger partial charge in [-0.05, 0) is 25.3 Å². The van der Waals surface area contributed by atoms with E-state index >= 15 is 0 Å². The van der Waals surface area contributed by atoms with E-state index in [1.165, 1.54) is 5.56 Å². The second kappa shape index (κ2) is 5.88. The van der Waals surface area contributed by atoms with E-state index in [-0.39, 0.29) is 6.04 Å². The van der Waals surface area contributed by atoms with Gasteiger partial charge in [-0.25, -0.2) is 8.93 Å². The number of benzene rings is 1. The molecule has 0 radical (unpaired) electrons. The van der Waals surface area contributed by atoms with Gasteiger partial charge in [0.2, 0.25) is 0 Å². The lowest BCUT2D eigenvalue weighted by molar-refractivity contribution is 0.577. The Balaban J connectivity index is 2.30. The van der Waals surface area contributed by atoms with Gasteiger partial charge in [0.1, 0.15) is 0 Å². The predicted molar refractivity (Wildman–Crippen MR) is 56.6 cm³/mol. The van der Waals surface area contributed by atoms with Crippen LogP contribution in [-0.2, 0) is 17.8 Å². The molecule has 0 aliphatic heterocycles. The maximum Gasteiger partial charge on any atom is 0.274 e. The van der Waals surface area contributed by atoms with Gasteiger partial charge < -0.3 is 0 Å². The lowest BCUT2D eigenvalue weighted by Crippen LogP contribution is -2.26. The van der Waals surface area contributed by atoms with Crippen molar-refractivity contribution in [2.24, 2.45) is 0 Å². The molecule has 2 unspecified atom stereocenters. The molecule has 1 aromatic carbocycles. The zero-order valence-corrected chi connectivity index (χ0v) is 8.89. The second-order valence-electron chi connectivity index (χ2n) is 3.27. The van der Waals surface area contributed by atoms with E-state index in [0.29, 0.717) is 0 Å². The van der Waals surface area contributed by atoms with E-state index in [0.717, 1.165) is 12.8 Å². The lowest BCUT2D eigenvalue weighted by atomic mass is 10.1. The van der Waals surface area contributed by atoms with Gasteiger partial charge >= 0.3 is 0 Å². The molecule has 0 bridgehead atoms. The summed E-state index contributed by atoms with van der Waals surface area (Å²) in [7, 11) is 0. The summed E-state index contributed by atoms with van der Waals surface area (Å²) in [5, 5.41) is 0. The van der Waals surface area contributed by atoms with Crippen molar-refractivity contribution in [1.82, 2.24) is 4.72 Å². The summed E-state index contributed by atoms with van der Waals surface area (Å²) in [6, 6.07) is 9.89. The maximum absolute atomic E-state index is 12.0. The van der Waals surface area contributed by atoms with Crippen LogP contribution in [0.3, 0.4) is 0 Å². The van der Waals surface area contributed by atoms with Gasteiger partial charge in [-0.15, -0.1) is 3.89 Å². The summed E-state index contributed by atoms with van der Waals surface area (Å²) >= 11 is -2.40. The molecule has 0 heterocycles. The van der Waals surface area contributed by atoms with Crippen molar-refractivity contribution >= 4 is 11.4 Å². The van der Waals surface area contributed by atoms with Crippen molar-refractivity contribution in [2.45, 2.75) is 25.8 Å². The summed E-state index contributed by atoms with van der Waals surface area (Å²) in [4.78, 5) is 0. The number of nitrogens with one attached hydrogen (secondary N) is 1. The Labute approximate surface area is 86.4 Å². The molecule has 0 spiro atoms. The molecule has 0 aliphatic rings. The van der Waals surface area contributed by atoms with Crippen LogP contribution in [0.2, 0.25) is 0 Å². The minimum atomic E-state index is -2.40. The lowest BCUT2D eigenvalue weighted by Gasteiger charge is -2.09. The highest BCUT2D eigenvalue weighted by atomic mass is 32.2. The van der Waals surface area contributed by atoms with Crippen LogP contribution in [-0.4, -0.2) is 10.3 Å². The normalized spacial score (nSPS) is 15.0. The first kappa shape index (κ1) is 11.3. The van der Waals surface area contributed by atoms with Crippen molar-refractivity contribution in [3.63, 3.8) is 0 Å². The van der Waals surface area contributed by atoms with Crippen LogP contribution in [0.1, 0.15) is 18.9 Å². The molecular weight excluding hydrogens is 201 g/mol. The molecule has 0 saturated heterocycles. The van der Waals surface area contributed by atoms with E-state index in [1.54, 1.807) is 0 Å². The molecule has 2 atom stereocenters. The number of aryl methyl sites for hydroxylation is 1. The van der Waals surface area contributed by atoms with Crippen LogP contribution < -0.4 is 4.72 Å². The van der Waals surface area contributed by atoms with Gasteiger partial charge in [-0.1, -0.05) is 30.3 Å². The molecule has 14 heavy (non-hydrogen) atoms. The largest absolute Gasteiger partial charge is 0.274 e. The first-order valence-electron chi connectivity index (χ1n) is 4.56. The summed E-state index contributed by atoms with van der Waals surface area (Å²) in [6.45, 7) is 1.82. The van der Waals surface area contributed by atoms with Crippen LogP contribution in [0.4, 0.5) is 3.89 Å². The van der Waals surface area contributed by atoms with Crippen LogP contribution in [0.5, 0.6) is 0 Å². The minimum absolute atomic E-state index is 0.0685. The molecule has 1 N–H and O–H groups in total. The Morgan fingerprint density at radius 1 is 1.43 bits per heavy atom. The van der Waals surface area contributed by atoms with Crippen LogP contribution in [0.25, 0.3) is 0 Å². The number of rotatable bonds is 5. The summed E-state index contributed by atoms with van der Waals surface area (Å²) in [5.41, 5.74) is 1.21. The Hall–Kier alpha value is -0.740. The second-order valence-corrected chi connectivity index (χ2v) is 3.95. The molecule has 78 valence electrons. The van der Waals surface area contributed by atoms with E-state index in [4.69, 9.17) is 0 Å². The van der Waals surface area contributed by atoms with Gasteiger partial charge in [0.05, 0.1) is 0 Å². The molecule has 0 aromatic heterocycles. The minimum Gasteiger partial charge on any atom is -0.208 e. The molecule has 0 fully saturated rings. The molecular formula is C10H14FNOS. The first-order valence-corrected chi connectivity index (χ1v) is 5.61. The third-order valence-electron chi connectivity index (χ3n) is 2.00. The number of hydrogen-bond acceptors (Lipinski definition) is 1. The molecule has 0 aliphatic carbocycles. The highest BCUT2D eigenvalue weighted by Gasteiger charge is 2.04. The van der Waals surface area contributed by atoms with Crippen molar-refractivity contribution in [2.75, 3.05) is 0 Å². The van der Waals surface area contributed by atoms with E-state index in [2.05, 4.69) is 4.72 Å².